The molecule has 1 N–H and O–H groups in total. The Balaban J connectivity index is 2.03. The Morgan fingerprint density at radius 3 is 3.06 bits per heavy atom. The normalized spacial score (nSPS) is 10.9. The molecule has 0 atom stereocenters. The van der Waals surface area contributed by atoms with Crippen molar-refractivity contribution in [3.05, 3.63) is 24.6 Å². The molecule has 4 heteroatoms. The molecule has 0 saturated carbocycles. The summed E-state index contributed by atoms with van der Waals surface area (Å²) in [4.78, 5) is 6.57. The summed E-state index contributed by atoms with van der Waals surface area (Å²) in [7, 11) is 2.06. The van der Waals surface area contributed by atoms with E-state index in [1.54, 1.807) is 12.5 Å². The maximum Gasteiger partial charge on any atom is 0.139 e. The van der Waals surface area contributed by atoms with Gasteiger partial charge >= 0.3 is 0 Å². The van der Waals surface area contributed by atoms with Crippen LogP contribution in [0.1, 0.15) is 13.3 Å². The molecule has 0 aliphatic heterocycles. The van der Waals surface area contributed by atoms with Crippen molar-refractivity contribution in [3.8, 4) is 0 Å². The highest BCUT2D eigenvalue weighted by atomic mass is 16.3. The van der Waals surface area contributed by atoms with Gasteiger partial charge in [0.15, 0.2) is 0 Å². The van der Waals surface area contributed by atoms with Gasteiger partial charge in [-0.25, -0.2) is 4.98 Å². The lowest BCUT2D eigenvalue weighted by atomic mass is 10.3. The number of fused-ring (bicyclic) bond motifs is 1. The van der Waals surface area contributed by atoms with Crippen molar-refractivity contribution < 1.29 is 4.42 Å². The predicted molar refractivity (Wildman–Crippen MR) is 70.4 cm³/mol. The van der Waals surface area contributed by atoms with Crippen molar-refractivity contribution in [1.29, 1.82) is 0 Å². The first-order chi connectivity index (χ1) is 8.33. The number of nitrogens with one attached hydrogen (secondary N) is 1. The van der Waals surface area contributed by atoms with Crippen LogP contribution in [0.4, 0.5) is 5.82 Å². The smallest absolute Gasteiger partial charge is 0.139 e. The topological polar surface area (TPSA) is 41.3 Å². The number of rotatable bonds is 6. The van der Waals surface area contributed by atoms with Crippen LogP contribution in [0.5, 0.6) is 0 Å². The van der Waals surface area contributed by atoms with Gasteiger partial charge < -0.3 is 14.6 Å². The lowest BCUT2D eigenvalue weighted by Crippen LogP contribution is -2.30. The highest BCUT2D eigenvalue weighted by Crippen LogP contribution is 2.23. The van der Waals surface area contributed by atoms with E-state index >= 15 is 0 Å². The van der Waals surface area contributed by atoms with Crippen molar-refractivity contribution in [2.75, 3.05) is 31.6 Å². The van der Waals surface area contributed by atoms with Crippen LogP contribution >= 0.6 is 0 Å². The maximum absolute atomic E-state index is 5.37. The summed E-state index contributed by atoms with van der Waals surface area (Å²) in [5.74, 6) is 0.981. The number of nitrogens with zero attached hydrogens (tertiary/aromatic N) is 2. The van der Waals surface area contributed by atoms with Gasteiger partial charge in [0.2, 0.25) is 0 Å². The number of furan rings is 1. The third-order valence-electron chi connectivity index (χ3n) is 2.77. The Morgan fingerprint density at radius 1 is 1.35 bits per heavy atom. The lowest BCUT2D eigenvalue weighted by molar-refractivity contribution is 0.615. The van der Waals surface area contributed by atoms with Crippen LogP contribution < -0.4 is 10.2 Å². The molecule has 92 valence electrons. The van der Waals surface area contributed by atoms with E-state index in [-0.39, 0.29) is 0 Å². The molecule has 0 unspecified atom stereocenters. The van der Waals surface area contributed by atoms with Crippen molar-refractivity contribution >= 4 is 16.8 Å². The average Bonchev–Trinajstić information content (AvgIpc) is 2.82. The van der Waals surface area contributed by atoms with E-state index < -0.39 is 0 Å². The number of likely N-dealkylation sites (N-methyl/N-ethyl adjacent to an activating group) is 1. The SMILES string of the molecule is CCCNCCN(C)c1nccc2occc12. The number of hydrogen-bond donors (Lipinski definition) is 1. The molecule has 0 spiro atoms. The van der Waals surface area contributed by atoms with Crippen LogP contribution in [0.3, 0.4) is 0 Å². The van der Waals surface area contributed by atoms with Gasteiger partial charge in [0.05, 0.1) is 11.6 Å². The van der Waals surface area contributed by atoms with Gasteiger partial charge in [-0.15, -0.1) is 0 Å². The van der Waals surface area contributed by atoms with E-state index in [0.717, 1.165) is 36.4 Å². The van der Waals surface area contributed by atoms with Crippen molar-refractivity contribution in [1.82, 2.24) is 10.3 Å². The summed E-state index contributed by atoms with van der Waals surface area (Å²) in [5, 5.41) is 4.46. The molecule has 0 amide bonds. The zero-order valence-corrected chi connectivity index (χ0v) is 10.4. The monoisotopic (exact) mass is 233 g/mol. The van der Waals surface area contributed by atoms with E-state index in [2.05, 4.69) is 29.2 Å². The van der Waals surface area contributed by atoms with E-state index in [9.17, 15) is 0 Å². The quantitative estimate of drug-likeness (QED) is 0.777. The standard InChI is InChI=1S/C13H19N3O/c1-3-6-14-8-9-16(2)13-11-5-10-17-12(11)4-7-15-13/h4-5,7,10,14H,3,6,8-9H2,1-2H3. The van der Waals surface area contributed by atoms with Crippen LogP contribution in [0.25, 0.3) is 11.0 Å². The fourth-order valence-electron chi connectivity index (χ4n) is 1.84. The Hall–Kier alpha value is -1.55. The Kier molecular flexibility index (Phi) is 3.98. The van der Waals surface area contributed by atoms with Gasteiger partial charge in [0.1, 0.15) is 11.4 Å². The molecule has 4 nitrogen and oxygen atoms in total. The summed E-state index contributed by atoms with van der Waals surface area (Å²) < 4.78 is 5.37. The van der Waals surface area contributed by atoms with Gasteiger partial charge in [-0.05, 0) is 25.1 Å². The number of hydrogen-bond acceptors (Lipinski definition) is 4. The minimum Gasteiger partial charge on any atom is -0.464 e. The molecule has 2 aromatic rings. The molecular weight excluding hydrogens is 214 g/mol. The third kappa shape index (κ3) is 2.77. The van der Waals surface area contributed by atoms with Crippen LogP contribution in [0.2, 0.25) is 0 Å². The molecule has 0 saturated heterocycles. The minimum absolute atomic E-state index is 0.892. The fraction of sp³-hybridized carbons (Fsp3) is 0.462. The molecule has 17 heavy (non-hydrogen) atoms. The fourth-order valence-corrected chi connectivity index (χ4v) is 1.84. The number of pyridine rings is 1. The highest BCUT2D eigenvalue weighted by Gasteiger charge is 2.08. The van der Waals surface area contributed by atoms with Gasteiger partial charge in [-0.3, -0.25) is 0 Å². The van der Waals surface area contributed by atoms with E-state index in [1.807, 2.05) is 12.1 Å². The molecule has 0 radical (unpaired) electrons. The Labute approximate surface area is 102 Å². The minimum atomic E-state index is 0.892. The molecule has 0 aliphatic rings. The van der Waals surface area contributed by atoms with Crippen molar-refractivity contribution in [3.63, 3.8) is 0 Å². The Morgan fingerprint density at radius 2 is 2.24 bits per heavy atom. The second-order valence-corrected chi connectivity index (χ2v) is 4.14. The van der Waals surface area contributed by atoms with Crippen molar-refractivity contribution in [2.24, 2.45) is 0 Å². The molecule has 2 aromatic heterocycles. The zero-order valence-electron chi connectivity index (χ0n) is 10.4. The second-order valence-electron chi connectivity index (χ2n) is 4.14. The van der Waals surface area contributed by atoms with Crippen LogP contribution in [-0.2, 0) is 0 Å². The molecule has 2 heterocycles. The summed E-state index contributed by atoms with van der Waals surface area (Å²) in [6.07, 6.45) is 4.66. The molecule has 2 rings (SSSR count). The van der Waals surface area contributed by atoms with Crippen LogP contribution in [0, 0.1) is 0 Å². The van der Waals surface area contributed by atoms with E-state index in [0.29, 0.717) is 0 Å². The van der Waals surface area contributed by atoms with Gasteiger partial charge in [0, 0.05) is 26.3 Å². The van der Waals surface area contributed by atoms with Gasteiger partial charge in [0.25, 0.3) is 0 Å². The molecule has 0 fully saturated rings. The second kappa shape index (κ2) is 5.68. The van der Waals surface area contributed by atoms with E-state index in [1.165, 1.54) is 6.42 Å². The largest absolute Gasteiger partial charge is 0.464 e. The molecular formula is C13H19N3O. The lowest BCUT2D eigenvalue weighted by Gasteiger charge is -2.18. The molecule has 0 aromatic carbocycles. The van der Waals surface area contributed by atoms with Gasteiger partial charge in [-0.2, -0.15) is 0 Å². The summed E-state index contributed by atoms with van der Waals surface area (Å²) in [5.41, 5.74) is 0.892. The van der Waals surface area contributed by atoms with Crippen LogP contribution in [0.15, 0.2) is 29.0 Å². The first-order valence-electron chi connectivity index (χ1n) is 6.07. The first-order valence-corrected chi connectivity index (χ1v) is 6.07. The highest BCUT2D eigenvalue weighted by molar-refractivity contribution is 5.88. The van der Waals surface area contributed by atoms with Gasteiger partial charge in [-0.1, -0.05) is 6.92 Å². The number of aromatic nitrogens is 1. The molecule has 0 bridgehead atoms. The summed E-state index contributed by atoms with van der Waals surface area (Å²) in [6, 6.07) is 3.86. The van der Waals surface area contributed by atoms with Crippen LogP contribution in [-0.4, -0.2) is 31.7 Å². The predicted octanol–water partition coefficient (Wildman–Crippen LogP) is 2.26. The Bertz CT molecular complexity index is 466. The number of anilines is 1. The third-order valence-corrected chi connectivity index (χ3v) is 2.77. The molecule has 0 aliphatic carbocycles. The summed E-state index contributed by atoms with van der Waals surface area (Å²) >= 11 is 0. The van der Waals surface area contributed by atoms with E-state index in [4.69, 9.17) is 4.42 Å². The first kappa shape index (κ1) is 11.9. The zero-order chi connectivity index (χ0) is 12.1. The van der Waals surface area contributed by atoms with Crippen molar-refractivity contribution in [2.45, 2.75) is 13.3 Å². The summed E-state index contributed by atoms with van der Waals surface area (Å²) in [6.45, 7) is 5.15. The maximum atomic E-state index is 5.37. The average molecular weight is 233 g/mol.